The van der Waals surface area contributed by atoms with Gasteiger partial charge in [-0.3, -0.25) is 4.39 Å². The van der Waals surface area contributed by atoms with Gasteiger partial charge in [0.2, 0.25) is 0 Å². The molecule has 0 amide bonds. The Balaban J connectivity index is 0.000001000. The summed E-state index contributed by atoms with van der Waals surface area (Å²) in [7, 11) is 0. The summed E-state index contributed by atoms with van der Waals surface area (Å²) in [6.45, 7) is 5.54. The van der Waals surface area contributed by atoms with Gasteiger partial charge in [-0.05, 0) is 0 Å². The maximum Gasteiger partial charge on any atom is 0.0119 e. The van der Waals surface area contributed by atoms with Gasteiger partial charge in [0.25, 0.3) is 0 Å². The van der Waals surface area contributed by atoms with Crippen LogP contribution in [0, 0.1) is 32.7 Å². The summed E-state index contributed by atoms with van der Waals surface area (Å²) in [5.74, 6) is -0.164. The molecule has 0 saturated heterocycles. The molecule has 0 bridgehead atoms. The van der Waals surface area contributed by atoms with Crippen molar-refractivity contribution >= 4 is 0 Å². The van der Waals surface area contributed by atoms with Crippen LogP contribution < -0.4 is 0 Å². The first-order valence-electron chi connectivity index (χ1n) is 3.27. The van der Waals surface area contributed by atoms with Gasteiger partial charge in [-0.1, -0.05) is 20.8 Å². The summed E-state index contributed by atoms with van der Waals surface area (Å²) in [4.78, 5) is 0. The van der Waals surface area contributed by atoms with Crippen LogP contribution in [0.5, 0.6) is 0 Å². The quantitative estimate of drug-likeness (QED) is 0.644. The minimum absolute atomic E-state index is 0. The third kappa shape index (κ3) is 2.41. The van der Waals surface area contributed by atoms with Gasteiger partial charge in [0.1, 0.15) is 0 Å². The van der Waals surface area contributed by atoms with Gasteiger partial charge in [-0.15, -0.1) is 11.6 Å². The molecule has 0 N–H and O–H groups in total. The van der Waals surface area contributed by atoms with Crippen LogP contribution >= 0.6 is 0 Å². The summed E-state index contributed by atoms with van der Waals surface area (Å²) >= 11 is 0. The molecule has 0 aliphatic heterocycles. The monoisotopic (exact) mass is 321 g/mol. The van der Waals surface area contributed by atoms with Crippen molar-refractivity contribution in [1.29, 1.82) is 0 Å². The number of halogens is 1. The topological polar surface area (TPSA) is 0 Å². The Kier molecular flexibility index (Phi) is 3.95. The second-order valence-corrected chi connectivity index (χ2v) is 2.55. The maximum absolute atomic E-state index is 12.7. The van der Waals surface area contributed by atoms with Crippen molar-refractivity contribution in [3.63, 3.8) is 0 Å². The number of aryl methyl sites for hydroxylation is 3. The molecule has 60 valence electrons. The first-order chi connectivity index (χ1) is 4.61. The third-order valence-electron chi connectivity index (χ3n) is 1.67. The fourth-order valence-corrected chi connectivity index (χ4v) is 0.846. The van der Waals surface area contributed by atoms with E-state index in [-0.39, 0.29) is 26.9 Å². The van der Waals surface area contributed by atoms with E-state index in [1.807, 2.05) is 13.8 Å². The molecule has 0 aliphatic rings. The van der Waals surface area contributed by atoms with Crippen LogP contribution in [0.4, 0.5) is 4.39 Å². The zero-order valence-corrected chi connectivity index (χ0v) is 9.80. The molecule has 2 heteroatoms. The number of rotatable bonds is 0. The Hall–Kier alpha value is -0.162. The molecule has 1 rings (SSSR count). The molecule has 0 fully saturated rings. The molecule has 0 unspecified atom stereocenters. The molecule has 1 aromatic rings. The Morgan fingerprint density at radius 3 is 2.18 bits per heavy atom. The third-order valence-corrected chi connectivity index (χ3v) is 1.67. The molecule has 11 heavy (non-hydrogen) atoms. The van der Waals surface area contributed by atoms with Gasteiger partial charge >= 0.3 is 0 Å². The van der Waals surface area contributed by atoms with Crippen molar-refractivity contribution in [3.05, 3.63) is 34.6 Å². The standard InChI is InChI=1S/C9H10F.W/c1-6-4-8(3)9(10)5-7(6)2;/h5H,1-3H3;/q-1;. The first kappa shape index (κ1) is 10.8. The van der Waals surface area contributed by atoms with E-state index in [1.54, 1.807) is 13.0 Å². The Bertz CT molecular complexity index is 206. The van der Waals surface area contributed by atoms with Crippen LogP contribution in [0.1, 0.15) is 16.7 Å². The van der Waals surface area contributed by atoms with Gasteiger partial charge in [0.15, 0.2) is 0 Å². The van der Waals surface area contributed by atoms with E-state index < -0.39 is 0 Å². The predicted molar refractivity (Wildman–Crippen MR) is 39.4 cm³/mol. The molecule has 0 saturated carbocycles. The number of hydrogen-bond donors (Lipinski definition) is 0. The zero-order chi connectivity index (χ0) is 7.72. The van der Waals surface area contributed by atoms with E-state index in [1.165, 1.54) is 0 Å². The van der Waals surface area contributed by atoms with Crippen molar-refractivity contribution in [1.82, 2.24) is 0 Å². The van der Waals surface area contributed by atoms with Gasteiger partial charge in [0.05, 0.1) is 0 Å². The summed E-state index contributed by atoms with van der Waals surface area (Å²) in [6, 6.07) is 4.47. The van der Waals surface area contributed by atoms with Crippen LogP contribution in [0.15, 0.2) is 6.07 Å². The van der Waals surface area contributed by atoms with E-state index in [2.05, 4.69) is 6.07 Å². The van der Waals surface area contributed by atoms with Crippen molar-refractivity contribution < 1.29 is 25.5 Å². The minimum Gasteiger partial charge on any atom is -0.284 e. The Morgan fingerprint density at radius 1 is 1.18 bits per heavy atom. The van der Waals surface area contributed by atoms with E-state index in [0.717, 1.165) is 11.1 Å². The van der Waals surface area contributed by atoms with Crippen LogP contribution in [-0.4, -0.2) is 0 Å². The fraction of sp³-hybridized carbons (Fsp3) is 0.333. The van der Waals surface area contributed by atoms with Crippen LogP contribution in [0.25, 0.3) is 0 Å². The van der Waals surface area contributed by atoms with E-state index >= 15 is 0 Å². The van der Waals surface area contributed by atoms with Gasteiger partial charge in [0, 0.05) is 26.9 Å². The molecular weight excluding hydrogens is 311 g/mol. The Labute approximate surface area is 81.1 Å². The Morgan fingerprint density at radius 2 is 1.73 bits per heavy atom. The largest absolute Gasteiger partial charge is 0.284 e. The minimum atomic E-state index is -0.164. The van der Waals surface area contributed by atoms with Crippen LogP contribution in [0.2, 0.25) is 0 Å². The molecule has 0 heterocycles. The average molecular weight is 321 g/mol. The second kappa shape index (κ2) is 4.01. The maximum atomic E-state index is 12.7. The molecule has 0 radical (unpaired) electrons. The summed E-state index contributed by atoms with van der Waals surface area (Å²) < 4.78 is 12.7. The van der Waals surface area contributed by atoms with Crippen LogP contribution in [-0.2, 0) is 21.1 Å². The normalized spacial score (nSPS) is 9.09. The first-order valence-corrected chi connectivity index (χ1v) is 3.27. The second-order valence-electron chi connectivity index (χ2n) is 2.55. The van der Waals surface area contributed by atoms with Crippen molar-refractivity contribution in [2.75, 3.05) is 0 Å². The summed E-state index contributed by atoms with van der Waals surface area (Å²) in [5, 5.41) is 0. The van der Waals surface area contributed by atoms with Crippen LogP contribution in [0.3, 0.4) is 0 Å². The van der Waals surface area contributed by atoms with Gasteiger partial charge in [-0.25, -0.2) is 0 Å². The summed E-state index contributed by atoms with van der Waals surface area (Å²) in [6.07, 6.45) is 0. The number of benzene rings is 1. The van der Waals surface area contributed by atoms with Gasteiger partial charge in [-0.2, -0.15) is 17.2 Å². The molecule has 0 aliphatic carbocycles. The predicted octanol–water partition coefficient (Wildman–Crippen LogP) is 2.55. The van der Waals surface area contributed by atoms with E-state index in [9.17, 15) is 4.39 Å². The smallest absolute Gasteiger partial charge is 0.0119 e. The average Bonchev–Trinajstić information content (AvgIpc) is 1.84. The number of hydrogen-bond acceptors (Lipinski definition) is 0. The summed E-state index contributed by atoms with van der Waals surface area (Å²) in [5.41, 5.74) is 2.59. The van der Waals surface area contributed by atoms with Gasteiger partial charge < -0.3 is 0 Å². The van der Waals surface area contributed by atoms with Crippen molar-refractivity contribution in [2.24, 2.45) is 0 Å². The molecule has 0 aromatic heterocycles. The molecular formula is C9H10FW-. The SMILES string of the molecule is Cc1[c-]c(C)c(F)cc1C.[W]. The fourth-order valence-electron chi connectivity index (χ4n) is 0.846. The van der Waals surface area contributed by atoms with E-state index in [4.69, 9.17) is 0 Å². The molecule has 0 nitrogen and oxygen atoms in total. The molecule has 1 aromatic carbocycles. The van der Waals surface area contributed by atoms with Crippen molar-refractivity contribution in [2.45, 2.75) is 20.8 Å². The molecule has 0 atom stereocenters. The van der Waals surface area contributed by atoms with Crippen molar-refractivity contribution in [3.8, 4) is 0 Å². The van der Waals surface area contributed by atoms with E-state index in [0.29, 0.717) is 5.56 Å². The molecule has 0 spiro atoms. The zero-order valence-electron chi connectivity index (χ0n) is 6.86.